The molecule has 5 nitrogen and oxygen atoms in total. The fourth-order valence-corrected chi connectivity index (χ4v) is 2.32. The van der Waals surface area contributed by atoms with E-state index >= 15 is 0 Å². The van der Waals surface area contributed by atoms with Gasteiger partial charge in [-0.25, -0.2) is 9.97 Å². The number of rotatable bonds is 4. The Morgan fingerprint density at radius 2 is 2.14 bits per heavy atom. The molecule has 1 saturated carbocycles. The maximum atomic E-state index is 12.1. The molecule has 1 aliphatic rings. The molecule has 1 fully saturated rings. The average Bonchev–Trinajstić information content (AvgIpc) is 3.32. The topological polar surface area (TPSA) is 59.0 Å². The van der Waals surface area contributed by atoms with Crippen LogP contribution >= 0.6 is 0 Å². The molecule has 108 valence electrons. The first-order valence-corrected chi connectivity index (χ1v) is 7.14. The molecule has 1 amide bonds. The van der Waals surface area contributed by atoms with Crippen LogP contribution in [0.5, 0.6) is 0 Å². The van der Waals surface area contributed by atoms with Gasteiger partial charge in [0.1, 0.15) is 5.82 Å². The maximum absolute atomic E-state index is 12.1. The summed E-state index contributed by atoms with van der Waals surface area (Å²) in [5.41, 5.74) is 2.56. The molecule has 0 atom stereocenters. The van der Waals surface area contributed by atoms with Crippen molar-refractivity contribution >= 4 is 5.91 Å². The van der Waals surface area contributed by atoms with E-state index in [1.54, 1.807) is 17.3 Å². The Hall–Kier alpha value is -2.30. The number of aryl methyl sites for hydroxylation is 1. The largest absolute Gasteiger partial charge is 0.340 e. The van der Waals surface area contributed by atoms with Crippen LogP contribution in [0.2, 0.25) is 0 Å². The molecule has 0 saturated heterocycles. The smallest absolute Gasteiger partial charge is 0.225 e. The zero-order chi connectivity index (χ0) is 14.8. The molecule has 2 heterocycles. The molecule has 0 radical (unpaired) electrons. The second-order valence-electron chi connectivity index (χ2n) is 5.46. The first-order chi connectivity index (χ1) is 10.1. The monoisotopic (exact) mass is 282 g/mol. The van der Waals surface area contributed by atoms with Crippen molar-refractivity contribution in [3.8, 4) is 11.3 Å². The maximum Gasteiger partial charge on any atom is 0.225 e. The number of aromatic nitrogens is 3. The molecule has 21 heavy (non-hydrogen) atoms. The van der Waals surface area contributed by atoms with E-state index in [2.05, 4.69) is 15.0 Å². The van der Waals surface area contributed by atoms with Gasteiger partial charge in [-0.15, -0.1) is 0 Å². The lowest BCUT2D eigenvalue weighted by atomic mass is 10.1. The fourth-order valence-electron chi connectivity index (χ4n) is 2.32. The highest BCUT2D eigenvalue weighted by Crippen LogP contribution is 2.31. The van der Waals surface area contributed by atoms with E-state index in [0.717, 1.165) is 29.8 Å². The minimum absolute atomic E-state index is 0.207. The SMILES string of the molecule is Cc1ncc(-c2ccccn2)c(CN(C)C(=O)C2CC2)n1. The van der Waals surface area contributed by atoms with Crippen LogP contribution < -0.4 is 0 Å². The highest BCUT2D eigenvalue weighted by Gasteiger charge is 2.32. The van der Waals surface area contributed by atoms with Crippen LogP contribution in [0, 0.1) is 12.8 Å². The Labute approximate surface area is 124 Å². The Balaban J connectivity index is 1.89. The van der Waals surface area contributed by atoms with E-state index in [9.17, 15) is 4.79 Å². The van der Waals surface area contributed by atoms with Gasteiger partial charge in [0.2, 0.25) is 5.91 Å². The number of nitrogens with zero attached hydrogens (tertiary/aromatic N) is 4. The number of pyridine rings is 1. The van der Waals surface area contributed by atoms with Crippen molar-refractivity contribution in [3.05, 3.63) is 42.1 Å². The normalized spacial score (nSPS) is 14.0. The molecule has 5 heteroatoms. The molecule has 0 N–H and O–H groups in total. The van der Waals surface area contributed by atoms with Crippen molar-refractivity contribution in [2.45, 2.75) is 26.3 Å². The van der Waals surface area contributed by atoms with Gasteiger partial charge in [-0.1, -0.05) is 6.07 Å². The molecule has 3 rings (SSSR count). The Morgan fingerprint density at radius 1 is 1.33 bits per heavy atom. The molecule has 0 unspecified atom stereocenters. The van der Waals surface area contributed by atoms with Crippen LogP contribution in [0.3, 0.4) is 0 Å². The summed E-state index contributed by atoms with van der Waals surface area (Å²) in [5, 5.41) is 0. The van der Waals surface area contributed by atoms with Gasteiger partial charge in [-0.05, 0) is 31.9 Å². The number of amides is 1. The predicted octanol–water partition coefficient (Wildman–Crippen LogP) is 2.22. The number of hydrogen-bond donors (Lipinski definition) is 0. The summed E-state index contributed by atoms with van der Waals surface area (Å²) in [7, 11) is 1.83. The van der Waals surface area contributed by atoms with E-state index in [4.69, 9.17) is 0 Å². The molecule has 0 spiro atoms. The Morgan fingerprint density at radius 3 is 2.81 bits per heavy atom. The van der Waals surface area contributed by atoms with E-state index < -0.39 is 0 Å². The van der Waals surface area contributed by atoms with Gasteiger partial charge in [-0.2, -0.15) is 0 Å². The van der Waals surface area contributed by atoms with Crippen molar-refractivity contribution in [1.82, 2.24) is 19.9 Å². The Bertz CT molecular complexity index is 653. The summed E-state index contributed by atoms with van der Waals surface area (Å²) in [6.07, 6.45) is 5.56. The predicted molar refractivity (Wildman–Crippen MR) is 79.2 cm³/mol. The van der Waals surface area contributed by atoms with Crippen LogP contribution in [-0.2, 0) is 11.3 Å². The molecule has 1 aliphatic carbocycles. The minimum atomic E-state index is 0.207. The first-order valence-electron chi connectivity index (χ1n) is 7.14. The van der Waals surface area contributed by atoms with Crippen molar-refractivity contribution in [2.75, 3.05) is 7.05 Å². The van der Waals surface area contributed by atoms with E-state index in [0.29, 0.717) is 12.4 Å². The quantitative estimate of drug-likeness (QED) is 0.862. The number of hydrogen-bond acceptors (Lipinski definition) is 4. The molecular weight excluding hydrogens is 264 g/mol. The highest BCUT2D eigenvalue weighted by molar-refractivity contribution is 5.81. The van der Waals surface area contributed by atoms with Crippen LogP contribution in [0.25, 0.3) is 11.3 Å². The van der Waals surface area contributed by atoms with Crippen molar-refractivity contribution in [1.29, 1.82) is 0 Å². The molecule has 2 aromatic rings. The van der Waals surface area contributed by atoms with Crippen LogP contribution in [0.15, 0.2) is 30.6 Å². The third-order valence-electron chi connectivity index (χ3n) is 3.62. The number of carbonyl (C=O) groups is 1. The number of carbonyl (C=O) groups excluding carboxylic acids is 1. The zero-order valence-corrected chi connectivity index (χ0v) is 12.3. The van der Waals surface area contributed by atoms with Gasteiger partial charge in [0.05, 0.1) is 17.9 Å². The molecule has 2 aromatic heterocycles. The lowest BCUT2D eigenvalue weighted by Gasteiger charge is -2.18. The van der Waals surface area contributed by atoms with Crippen molar-refractivity contribution in [2.24, 2.45) is 5.92 Å². The highest BCUT2D eigenvalue weighted by atomic mass is 16.2. The van der Waals surface area contributed by atoms with Gasteiger partial charge in [0.25, 0.3) is 0 Å². The second-order valence-corrected chi connectivity index (χ2v) is 5.46. The fraction of sp³-hybridized carbons (Fsp3) is 0.375. The third-order valence-corrected chi connectivity index (χ3v) is 3.62. The van der Waals surface area contributed by atoms with Gasteiger partial charge in [0.15, 0.2) is 0 Å². The van der Waals surface area contributed by atoms with Gasteiger partial charge >= 0.3 is 0 Å². The van der Waals surface area contributed by atoms with Crippen LogP contribution in [-0.4, -0.2) is 32.8 Å². The van der Waals surface area contributed by atoms with Gasteiger partial charge in [0, 0.05) is 30.9 Å². The summed E-state index contributed by atoms with van der Waals surface area (Å²) in [4.78, 5) is 27.0. The summed E-state index contributed by atoms with van der Waals surface area (Å²) >= 11 is 0. The van der Waals surface area contributed by atoms with E-state index in [-0.39, 0.29) is 11.8 Å². The van der Waals surface area contributed by atoms with Gasteiger partial charge in [-0.3, -0.25) is 9.78 Å². The third kappa shape index (κ3) is 3.07. The lowest BCUT2D eigenvalue weighted by Crippen LogP contribution is -2.28. The molecule has 0 aliphatic heterocycles. The van der Waals surface area contributed by atoms with E-state index in [1.807, 2.05) is 32.2 Å². The molecular formula is C16H18N4O. The summed E-state index contributed by atoms with van der Waals surface area (Å²) < 4.78 is 0. The minimum Gasteiger partial charge on any atom is -0.340 e. The second kappa shape index (κ2) is 5.60. The molecule has 0 bridgehead atoms. The average molecular weight is 282 g/mol. The molecule has 0 aromatic carbocycles. The summed E-state index contributed by atoms with van der Waals surface area (Å²) in [6.45, 7) is 2.35. The standard InChI is InChI=1S/C16H18N4O/c1-11-18-9-13(14-5-3-4-8-17-14)15(19-11)10-20(2)16(21)12-6-7-12/h3-5,8-9,12H,6-7,10H2,1-2H3. The zero-order valence-electron chi connectivity index (χ0n) is 12.3. The van der Waals surface area contributed by atoms with Crippen molar-refractivity contribution < 1.29 is 4.79 Å². The Kier molecular flexibility index (Phi) is 3.64. The van der Waals surface area contributed by atoms with Crippen LogP contribution in [0.4, 0.5) is 0 Å². The van der Waals surface area contributed by atoms with Crippen molar-refractivity contribution in [3.63, 3.8) is 0 Å². The summed E-state index contributed by atoms with van der Waals surface area (Å²) in [5.74, 6) is 1.13. The summed E-state index contributed by atoms with van der Waals surface area (Å²) in [6, 6.07) is 5.74. The first kappa shape index (κ1) is 13.7. The van der Waals surface area contributed by atoms with Crippen LogP contribution in [0.1, 0.15) is 24.4 Å². The van der Waals surface area contributed by atoms with Gasteiger partial charge < -0.3 is 4.90 Å². The van der Waals surface area contributed by atoms with E-state index in [1.165, 1.54) is 0 Å². The lowest BCUT2D eigenvalue weighted by molar-refractivity contribution is -0.131.